The van der Waals surface area contributed by atoms with E-state index in [0.29, 0.717) is 13.1 Å². The minimum absolute atomic E-state index is 0.0202. The van der Waals surface area contributed by atoms with E-state index in [2.05, 4.69) is 27.8 Å². The number of aromatic amines is 1. The first-order valence-electron chi connectivity index (χ1n) is 8.91. The first kappa shape index (κ1) is 18.0. The Morgan fingerprint density at radius 3 is 2.85 bits per heavy atom. The van der Waals surface area contributed by atoms with E-state index < -0.39 is 0 Å². The molecule has 136 valence electrons. The van der Waals surface area contributed by atoms with Gasteiger partial charge in [-0.3, -0.25) is 4.79 Å². The summed E-state index contributed by atoms with van der Waals surface area (Å²) in [5.74, 6) is 0.861. The Kier molecular flexibility index (Phi) is 6.28. The number of fused-ring (bicyclic) bond motifs is 1. The summed E-state index contributed by atoms with van der Waals surface area (Å²) in [6, 6.07) is 16.2. The highest BCUT2D eigenvalue weighted by molar-refractivity contribution is 5.83. The monoisotopic (exact) mass is 351 g/mol. The Morgan fingerprint density at radius 2 is 1.96 bits per heavy atom. The smallest absolute Gasteiger partial charge is 0.233 e. The molecule has 0 unspecified atom stereocenters. The molecule has 2 aromatic carbocycles. The fourth-order valence-corrected chi connectivity index (χ4v) is 3.00. The highest BCUT2D eigenvalue weighted by Gasteiger charge is 2.04. The first-order chi connectivity index (χ1) is 12.8. The van der Waals surface area contributed by atoms with Crippen LogP contribution in [0.15, 0.2) is 54.7 Å². The van der Waals surface area contributed by atoms with Crippen LogP contribution in [0.5, 0.6) is 5.75 Å². The van der Waals surface area contributed by atoms with Crippen LogP contribution in [0, 0.1) is 0 Å². The van der Waals surface area contributed by atoms with Gasteiger partial charge < -0.3 is 20.4 Å². The fraction of sp³-hybridized carbons (Fsp3) is 0.286. The van der Waals surface area contributed by atoms with Gasteiger partial charge in [-0.05, 0) is 48.7 Å². The Labute approximate surface area is 153 Å². The normalized spacial score (nSPS) is 10.8. The third-order valence-electron chi connectivity index (χ3n) is 4.40. The molecule has 5 heteroatoms. The Morgan fingerprint density at radius 1 is 1.08 bits per heavy atom. The zero-order valence-corrected chi connectivity index (χ0v) is 15.0. The summed E-state index contributed by atoms with van der Waals surface area (Å²) in [5.41, 5.74) is 3.57. The number of carbonyl (C=O) groups is 1. The molecule has 0 radical (unpaired) electrons. The van der Waals surface area contributed by atoms with Crippen LogP contribution >= 0.6 is 0 Å². The summed E-state index contributed by atoms with van der Waals surface area (Å²) >= 11 is 0. The van der Waals surface area contributed by atoms with Crippen molar-refractivity contribution in [3.05, 3.63) is 65.9 Å². The third-order valence-corrected chi connectivity index (χ3v) is 4.40. The Bertz CT molecular complexity index is 857. The zero-order valence-electron chi connectivity index (χ0n) is 15.0. The van der Waals surface area contributed by atoms with Gasteiger partial charge in [-0.2, -0.15) is 0 Å². The average molecular weight is 351 g/mol. The Balaban J connectivity index is 1.34. The number of amides is 1. The molecule has 0 aliphatic carbocycles. The molecule has 5 nitrogen and oxygen atoms in total. The highest BCUT2D eigenvalue weighted by atomic mass is 16.5. The summed E-state index contributed by atoms with van der Waals surface area (Å²) < 4.78 is 5.21. The van der Waals surface area contributed by atoms with Crippen molar-refractivity contribution in [2.24, 2.45) is 0 Å². The SMILES string of the molecule is COc1cccc(CCNC(=O)CNCCc2c[nH]c3ccccc23)c1. The summed E-state index contributed by atoms with van der Waals surface area (Å²) in [7, 11) is 1.66. The topological polar surface area (TPSA) is 66.2 Å². The number of nitrogens with one attached hydrogen (secondary N) is 3. The lowest BCUT2D eigenvalue weighted by molar-refractivity contribution is -0.120. The van der Waals surface area contributed by atoms with E-state index in [-0.39, 0.29) is 5.91 Å². The molecule has 3 aromatic rings. The molecule has 3 rings (SSSR count). The maximum absolute atomic E-state index is 11.9. The number of rotatable bonds is 9. The van der Waals surface area contributed by atoms with E-state index >= 15 is 0 Å². The molecule has 0 spiro atoms. The maximum Gasteiger partial charge on any atom is 0.233 e. The third kappa shape index (κ3) is 4.86. The number of methoxy groups -OCH3 is 1. The second-order valence-electron chi connectivity index (χ2n) is 6.24. The van der Waals surface area contributed by atoms with Crippen molar-refractivity contribution >= 4 is 16.8 Å². The van der Waals surface area contributed by atoms with Crippen LogP contribution in [-0.4, -0.2) is 37.6 Å². The zero-order chi connectivity index (χ0) is 18.2. The summed E-state index contributed by atoms with van der Waals surface area (Å²) in [6.45, 7) is 1.72. The van der Waals surface area contributed by atoms with E-state index in [1.165, 1.54) is 10.9 Å². The predicted molar refractivity (Wildman–Crippen MR) is 105 cm³/mol. The molecule has 0 aliphatic heterocycles. The molecule has 1 amide bonds. The average Bonchev–Trinajstić information content (AvgIpc) is 3.09. The number of benzene rings is 2. The van der Waals surface area contributed by atoms with Crippen molar-refractivity contribution in [3.63, 3.8) is 0 Å². The molecule has 3 N–H and O–H groups in total. The molecule has 0 atom stereocenters. The molecule has 0 bridgehead atoms. The molecular weight excluding hydrogens is 326 g/mol. The highest BCUT2D eigenvalue weighted by Crippen LogP contribution is 2.17. The van der Waals surface area contributed by atoms with Gasteiger partial charge in [0.1, 0.15) is 5.75 Å². The van der Waals surface area contributed by atoms with Crippen LogP contribution < -0.4 is 15.4 Å². The number of ether oxygens (including phenoxy) is 1. The van der Waals surface area contributed by atoms with Crippen molar-refractivity contribution in [1.82, 2.24) is 15.6 Å². The van der Waals surface area contributed by atoms with Crippen molar-refractivity contribution < 1.29 is 9.53 Å². The molecule has 0 saturated carbocycles. The number of hydrogen-bond donors (Lipinski definition) is 3. The molecular formula is C21H25N3O2. The second kappa shape index (κ2) is 9.06. The second-order valence-corrected chi connectivity index (χ2v) is 6.24. The predicted octanol–water partition coefficient (Wildman–Crippen LogP) is 2.67. The van der Waals surface area contributed by atoms with Crippen LogP contribution in [0.2, 0.25) is 0 Å². The number of carbonyl (C=O) groups excluding carboxylic acids is 1. The van der Waals surface area contributed by atoms with Crippen LogP contribution in [0.1, 0.15) is 11.1 Å². The first-order valence-corrected chi connectivity index (χ1v) is 8.91. The lowest BCUT2D eigenvalue weighted by Crippen LogP contribution is -2.35. The quantitative estimate of drug-likeness (QED) is 0.519. The van der Waals surface area contributed by atoms with Crippen molar-refractivity contribution in [1.29, 1.82) is 0 Å². The Hall–Kier alpha value is -2.79. The van der Waals surface area contributed by atoms with Crippen molar-refractivity contribution in [3.8, 4) is 5.75 Å². The van der Waals surface area contributed by atoms with Gasteiger partial charge in [-0.15, -0.1) is 0 Å². The summed E-state index contributed by atoms with van der Waals surface area (Å²) in [6.07, 6.45) is 3.72. The van der Waals surface area contributed by atoms with Gasteiger partial charge in [0.05, 0.1) is 13.7 Å². The number of hydrogen-bond acceptors (Lipinski definition) is 3. The van der Waals surface area contributed by atoms with Gasteiger partial charge >= 0.3 is 0 Å². The van der Waals surface area contributed by atoms with Gasteiger partial charge in [0.25, 0.3) is 0 Å². The van der Waals surface area contributed by atoms with Crippen LogP contribution in [0.4, 0.5) is 0 Å². The minimum atomic E-state index is 0.0202. The lowest BCUT2D eigenvalue weighted by atomic mass is 10.1. The van der Waals surface area contributed by atoms with Gasteiger partial charge in [0.15, 0.2) is 0 Å². The van der Waals surface area contributed by atoms with Gasteiger partial charge in [0, 0.05) is 23.6 Å². The summed E-state index contributed by atoms with van der Waals surface area (Å²) in [5, 5.41) is 7.40. The molecule has 26 heavy (non-hydrogen) atoms. The van der Waals surface area contributed by atoms with Crippen LogP contribution in [0.3, 0.4) is 0 Å². The van der Waals surface area contributed by atoms with Crippen LogP contribution in [-0.2, 0) is 17.6 Å². The molecule has 1 heterocycles. The fourth-order valence-electron chi connectivity index (χ4n) is 3.00. The number of aromatic nitrogens is 1. The lowest BCUT2D eigenvalue weighted by Gasteiger charge is -2.08. The number of H-pyrrole nitrogens is 1. The van der Waals surface area contributed by atoms with E-state index in [0.717, 1.165) is 36.2 Å². The minimum Gasteiger partial charge on any atom is -0.497 e. The van der Waals surface area contributed by atoms with E-state index in [9.17, 15) is 4.79 Å². The van der Waals surface area contributed by atoms with E-state index in [4.69, 9.17) is 4.74 Å². The van der Waals surface area contributed by atoms with Crippen LogP contribution in [0.25, 0.3) is 10.9 Å². The molecule has 0 saturated heterocycles. The molecule has 0 fully saturated rings. The summed E-state index contributed by atoms with van der Waals surface area (Å²) in [4.78, 5) is 15.2. The number of para-hydroxylation sites is 1. The van der Waals surface area contributed by atoms with Crippen molar-refractivity contribution in [2.45, 2.75) is 12.8 Å². The standard InChI is InChI=1S/C21H25N3O2/c1-26-18-6-4-5-16(13-18)9-12-23-21(25)15-22-11-10-17-14-24-20-8-3-2-7-19(17)20/h2-8,13-14,22,24H,9-12,15H2,1H3,(H,23,25). The van der Waals surface area contributed by atoms with Gasteiger partial charge in [-0.1, -0.05) is 30.3 Å². The van der Waals surface area contributed by atoms with Gasteiger partial charge in [0.2, 0.25) is 5.91 Å². The van der Waals surface area contributed by atoms with Gasteiger partial charge in [-0.25, -0.2) is 0 Å². The largest absolute Gasteiger partial charge is 0.497 e. The van der Waals surface area contributed by atoms with Crippen molar-refractivity contribution in [2.75, 3.05) is 26.7 Å². The molecule has 1 aromatic heterocycles. The van der Waals surface area contributed by atoms with E-state index in [1.807, 2.05) is 42.6 Å². The molecule has 0 aliphatic rings. The van der Waals surface area contributed by atoms with E-state index in [1.54, 1.807) is 7.11 Å². The maximum atomic E-state index is 11.9.